The number of rotatable bonds is 20. The molecule has 0 saturated carbocycles. The molecule has 0 bridgehead atoms. The summed E-state index contributed by atoms with van der Waals surface area (Å²) in [5.41, 5.74) is 0. The average molecular weight is 755 g/mol. The smallest absolute Gasteiger partial charge is 0.327 e. The SMILES string of the molecule is O=C1CN(CCN(CCN2CC(=O)OC(=O)C2)[C@H](CCC[C@@H](C(=O)O)N(CCN2CC(=O)OC(=O)C2)CCN2CC(=O)OC(=O)C2)C(=O)O)CC(=O)O1. The average Bonchev–Trinajstić information content (AvgIpc) is 3.04. The Hall–Kier alpha value is -4.74. The molecule has 4 aliphatic rings. The quantitative estimate of drug-likeness (QED) is 0.0671. The van der Waals surface area contributed by atoms with Gasteiger partial charge in [-0.25, -0.2) is 0 Å². The molecule has 4 fully saturated rings. The van der Waals surface area contributed by atoms with E-state index in [9.17, 15) is 58.2 Å². The van der Waals surface area contributed by atoms with E-state index in [1.807, 2.05) is 0 Å². The lowest BCUT2D eigenvalue weighted by molar-refractivity contribution is -0.169. The first kappa shape index (κ1) is 41.0. The Kier molecular flexibility index (Phi) is 15.0. The molecule has 0 aliphatic carbocycles. The van der Waals surface area contributed by atoms with Crippen molar-refractivity contribution in [3.05, 3.63) is 0 Å². The van der Waals surface area contributed by atoms with Gasteiger partial charge in [0.05, 0.1) is 52.4 Å². The van der Waals surface area contributed by atoms with E-state index in [1.54, 1.807) is 9.80 Å². The van der Waals surface area contributed by atoms with Crippen molar-refractivity contribution in [2.24, 2.45) is 0 Å². The third-order valence-electron chi connectivity index (χ3n) is 8.95. The highest BCUT2D eigenvalue weighted by molar-refractivity contribution is 5.91. The van der Waals surface area contributed by atoms with Gasteiger partial charge in [-0.15, -0.1) is 0 Å². The molecule has 0 aromatic carbocycles. The Bertz CT molecular complexity index is 1220. The largest absolute Gasteiger partial charge is 0.480 e. The summed E-state index contributed by atoms with van der Waals surface area (Å²) in [6, 6.07) is -2.37. The van der Waals surface area contributed by atoms with E-state index >= 15 is 0 Å². The molecule has 4 aliphatic heterocycles. The number of carboxylic acid groups (broad SMARTS) is 2. The molecule has 2 atom stereocenters. The minimum Gasteiger partial charge on any atom is -0.480 e. The van der Waals surface area contributed by atoms with E-state index < -0.39 is 71.8 Å². The second-order valence-corrected chi connectivity index (χ2v) is 12.9. The topological polar surface area (TPSA) is 268 Å². The number of carbonyl (C=O) groups is 10. The molecule has 2 N–H and O–H groups in total. The third-order valence-corrected chi connectivity index (χ3v) is 8.95. The molecule has 0 amide bonds. The predicted octanol–water partition coefficient (Wildman–Crippen LogP) is -4.79. The van der Waals surface area contributed by atoms with E-state index in [-0.39, 0.29) is 124 Å². The summed E-state index contributed by atoms with van der Waals surface area (Å²) in [5, 5.41) is 20.6. The van der Waals surface area contributed by atoms with Crippen LogP contribution in [0.4, 0.5) is 0 Å². The molecule has 22 nitrogen and oxygen atoms in total. The van der Waals surface area contributed by atoms with Crippen molar-refractivity contribution in [2.45, 2.75) is 31.3 Å². The molecule has 4 heterocycles. The van der Waals surface area contributed by atoms with Gasteiger partial charge >= 0.3 is 59.7 Å². The van der Waals surface area contributed by atoms with Crippen LogP contribution >= 0.6 is 0 Å². The standard InChI is InChI=1S/C31H42N6O16/c38-22-12-32(13-23(39)50-22)4-8-36(9-5-33-14-24(40)51-25(41)15-33)20(30(46)47)2-1-3-21(31(48)49)37(10-6-34-16-26(42)52-27(43)17-34)11-7-35-18-28(44)53-29(45)19-35/h20-21H,1-19H2,(H,46,47)(H,48,49)/t20-,21+. The minimum atomic E-state index is -1.24. The van der Waals surface area contributed by atoms with Crippen molar-refractivity contribution in [3.8, 4) is 0 Å². The van der Waals surface area contributed by atoms with Crippen molar-refractivity contribution in [1.82, 2.24) is 29.4 Å². The molecule has 53 heavy (non-hydrogen) atoms. The lowest BCUT2D eigenvalue weighted by atomic mass is 10.0. The van der Waals surface area contributed by atoms with E-state index in [4.69, 9.17) is 0 Å². The number of morpholine rings is 4. The van der Waals surface area contributed by atoms with Crippen LogP contribution in [-0.4, -0.2) is 216 Å². The lowest BCUT2D eigenvalue weighted by Gasteiger charge is -2.35. The number of nitrogens with zero attached hydrogens (tertiary/aromatic N) is 6. The van der Waals surface area contributed by atoms with Crippen LogP contribution in [0.1, 0.15) is 19.3 Å². The molecule has 0 unspecified atom stereocenters. The summed E-state index contributed by atoms with van der Waals surface area (Å²) in [7, 11) is 0. The number of carbonyl (C=O) groups excluding carboxylic acids is 8. The number of hydrogen-bond donors (Lipinski definition) is 2. The molecule has 22 heteroatoms. The van der Waals surface area contributed by atoms with Gasteiger partial charge < -0.3 is 29.2 Å². The highest BCUT2D eigenvalue weighted by Crippen LogP contribution is 2.17. The third kappa shape index (κ3) is 13.3. The summed E-state index contributed by atoms with van der Waals surface area (Å²) >= 11 is 0. The van der Waals surface area contributed by atoms with Gasteiger partial charge in [-0.1, -0.05) is 0 Å². The first-order valence-corrected chi connectivity index (χ1v) is 16.9. The fraction of sp³-hybridized carbons (Fsp3) is 0.677. The van der Waals surface area contributed by atoms with Crippen LogP contribution in [0, 0.1) is 0 Å². The second kappa shape index (κ2) is 19.4. The van der Waals surface area contributed by atoms with E-state index in [0.29, 0.717) is 0 Å². The second-order valence-electron chi connectivity index (χ2n) is 12.9. The summed E-state index contributed by atoms with van der Waals surface area (Å²) in [6.45, 7) is -0.995. The number of cyclic esters (lactones) is 8. The van der Waals surface area contributed by atoms with Crippen molar-refractivity contribution in [2.75, 3.05) is 105 Å². The monoisotopic (exact) mass is 754 g/mol. The number of carboxylic acids is 2. The molecular weight excluding hydrogens is 712 g/mol. The van der Waals surface area contributed by atoms with Crippen LogP contribution in [0.15, 0.2) is 0 Å². The van der Waals surface area contributed by atoms with Crippen LogP contribution in [-0.2, 0) is 66.9 Å². The van der Waals surface area contributed by atoms with Crippen molar-refractivity contribution >= 4 is 59.7 Å². The Labute approximate surface area is 302 Å². The Morgan fingerprint density at radius 3 is 0.849 bits per heavy atom. The van der Waals surface area contributed by atoms with Crippen molar-refractivity contribution in [3.63, 3.8) is 0 Å². The van der Waals surface area contributed by atoms with Gasteiger partial charge in [0.15, 0.2) is 0 Å². The molecule has 4 rings (SSSR count). The van der Waals surface area contributed by atoms with Crippen molar-refractivity contribution < 1.29 is 77.1 Å². The van der Waals surface area contributed by atoms with Gasteiger partial charge in [-0.05, 0) is 19.3 Å². The zero-order valence-corrected chi connectivity index (χ0v) is 28.9. The fourth-order valence-electron chi connectivity index (χ4n) is 6.44. The molecular formula is C31H42N6O16. The van der Waals surface area contributed by atoms with Gasteiger partial charge in [0.1, 0.15) is 12.1 Å². The normalized spacial score (nSPS) is 21.0. The minimum absolute atomic E-state index is 0.0478. The first-order valence-electron chi connectivity index (χ1n) is 16.9. The number of aliphatic carboxylic acids is 2. The van der Waals surface area contributed by atoms with Crippen molar-refractivity contribution in [1.29, 1.82) is 0 Å². The zero-order valence-electron chi connectivity index (χ0n) is 28.9. The number of esters is 8. The van der Waals surface area contributed by atoms with E-state index in [1.165, 1.54) is 19.6 Å². The number of ether oxygens (including phenoxy) is 4. The molecule has 0 radical (unpaired) electrons. The Morgan fingerprint density at radius 2 is 0.660 bits per heavy atom. The summed E-state index contributed by atoms with van der Waals surface area (Å²) in [5.74, 6) is -8.50. The first-order chi connectivity index (χ1) is 25.1. The highest BCUT2D eigenvalue weighted by atomic mass is 16.6. The maximum Gasteiger partial charge on any atom is 0.327 e. The van der Waals surface area contributed by atoms with Gasteiger partial charge in [0.25, 0.3) is 0 Å². The molecule has 292 valence electrons. The zero-order chi connectivity index (χ0) is 38.7. The predicted molar refractivity (Wildman–Crippen MR) is 170 cm³/mol. The highest BCUT2D eigenvalue weighted by Gasteiger charge is 2.34. The van der Waals surface area contributed by atoms with Gasteiger partial charge in [0, 0.05) is 52.4 Å². The lowest BCUT2D eigenvalue weighted by Crippen LogP contribution is -2.52. The molecule has 4 saturated heterocycles. The summed E-state index contributed by atoms with van der Waals surface area (Å²) in [4.78, 5) is 129. The Balaban J connectivity index is 1.45. The Morgan fingerprint density at radius 1 is 0.453 bits per heavy atom. The maximum atomic E-state index is 12.7. The van der Waals surface area contributed by atoms with Gasteiger partial charge in [-0.2, -0.15) is 0 Å². The number of hydrogen-bond acceptors (Lipinski definition) is 20. The van der Waals surface area contributed by atoms with Gasteiger partial charge in [-0.3, -0.25) is 77.3 Å². The van der Waals surface area contributed by atoms with Gasteiger partial charge in [0.2, 0.25) is 0 Å². The van der Waals surface area contributed by atoms with Crippen LogP contribution < -0.4 is 0 Å². The summed E-state index contributed by atoms with van der Waals surface area (Å²) < 4.78 is 18.2. The molecule has 0 aromatic heterocycles. The van der Waals surface area contributed by atoms with Crippen LogP contribution in [0.5, 0.6) is 0 Å². The van der Waals surface area contributed by atoms with Crippen LogP contribution in [0.3, 0.4) is 0 Å². The molecule has 0 spiro atoms. The van der Waals surface area contributed by atoms with Crippen LogP contribution in [0.2, 0.25) is 0 Å². The van der Waals surface area contributed by atoms with E-state index in [0.717, 1.165) is 0 Å². The summed E-state index contributed by atoms with van der Waals surface area (Å²) in [6.07, 6.45) is -0.0191. The fourth-order valence-corrected chi connectivity index (χ4v) is 6.44. The molecule has 0 aromatic rings. The van der Waals surface area contributed by atoms with E-state index in [2.05, 4.69) is 18.9 Å². The van der Waals surface area contributed by atoms with Crippen LogP contribution in [0.25, 0.3) is 0 Å². The maximum absolute atomic E-state index is 12.7.